The molecule has 0 atom stereocenters. The third-order valence-corrected chi connectivity index (χ3v) is 3.27. The molecule has 0 aliphatic rings. The molecule has 1 aromatic carbocycles. The van der Waals surface area contributed by atoms with Gasteiger partial charge in [-0.3, -0.25) is 0 Å². The molecule has 112 valence electrons. The summed E-state index contributed by atoms with van der Waals surface area (Å²) in [5.74, 6) is 0.820. The molecule has 0 radical (unpaired) electrons. The highest BCUT2D eigenvalue weighted by atomic mass is 15.3. The molecule has 0 fully saturated rings. The molecule has 6 heteroatoms. The van der Waals surface area contributed by atoms with E-state index < -0.39 is 0 Å². The molecule has 2 rings (SSSR count). The van der Waals surface area contributed by atoms with Gasteiger partial charge < -0.3 is 10.6 Å². The Hall–Kier alpha value is -2.21. The van der Waals surface area contributed by atoms with Gasteiger partial charge in [0.2, 0.25) is 0 Å². The van der Waals surface area contributed by atoms with Crippen LogP contribution < -0.4 is 15.2 Å². The molecule has 1 heterocycles. The average molecular weight is 287 g/mol. The van der Waals surface area contributed by atoms with Crippen molar-refractivity contribution < 1.29 is 4.57 Å². The largest absolute Gasteiger partial charge is 0.421 e. The number of anilines is 1. The zero-order valence-corrected chi connectivity index (χ0v) is 12.9. The molecule has 21 heavy (non-hydrogen) atoms. The van der Waals surface area contributed by atoms with Crippen LogP contribution >= 0.6 is 0 Å². The zero-order valence-electron chi connectivity index (χ0n) is 12.9. The Kier molecular flexibility index (Phi) is 5.05. The van der Waals surface area contributed by atoms with Crippen molar-refractivity contribution in [3.05, 3.63) is 36.7 Å². The van der Waals surface area contributed by atoms with Crippen molar-refractivity contribution in [1.82, 2.24) is 4.57 Å². The fraction of sp³-hybridized carbons (Fsp3) is 0.400. The van der Waals surface area contributed by atoms with Crippen molar-refractivity contribution in [2.75, 3.05) is 25.5 Å². The Bertz CT molecular complexity index is 597. The average Bonchev–Trinajstić information content (AvgIpc) is 2.83. The summed E-state index contributed by atoms with van der Waals surface area (Å²) in [6, 6.07) is 7.99. The quantitative estimate of drug-likeness (QED) is 0.653. The number of aromatic nitrogens is 2. The molecule has 6 nitrogen and oxygen atoms in total. The maximum Gasteiger partial charge on any atom is 0.421 e. The lowest BCUT2D eigenvalue weighted by Crippen LogP contribution is -2.25. The Labute approximate surface area is 125 Å². The van der Waals surface area contributed by atoms with Crippen molar-refractivity contribution in [1.29, 1.82) is 0 Å². The number of rotatable bonds is 6. The SMILES string of the molecule is CN(C)c1ccc(/N=N/c2n(CCCN)cc[n+]2C)cc1. The van der Waals surface area contributed by atoms with Crippen molar-refractivity contribution in [3.63, 3.8) is 0 Å². The molecule has 0 saturated heterocycles. The van der Waals surface area contributed by atoms with Gasteiger partial charge in [-0.15, -0.1) is 0 Å². The Morgan fingerprint density at radius 1 is 1.19 bits per heavy atom. The van der Waals surface area contributed by atoms with Crippen LogP contribution in [0.2, 0.25) is 0 Å². The van der Waals surface area contributed by atoms with Crippen molar-refractivity contribution in [2.24, 2.45) is 23.0 Å². The summed E-state index contributed by atoms with van der Waals surface area (Å²) in [6.45, 7) is 1.52. The number of nitrogens with zero attached hydrogens (tertiary/aromatic N) is 5. The highest BCUT2D eigenvalue weighted by Crippen LogP contribution is 2.20. The summed E-state index contributed by atoms with van der Waals surface area (Å²) in [5.41, 5.74) is 7.54. The predicted octanol–water partition coefficient (Wildman–Crippen LogP) is 2.14. The molecule has 0 amide bonds. The van der Waals surface area contributed by atoms with Crippen LogP contribution in [0.15, 0.2) is 46.9 Å². The Morgan fingerprint density at radius 2 is 1.90 bits per heavy atom. The van der Waals surface area contributed by atoms with E-state index in [4.69, 9.17) is 5.73 Å². The van der Waals surface area contributed by atoms with Crippen LogP contribution in [0.4, 0.5) is 17.3 Å². The number of hydrogen-bond acceptors (Lipinski definition) is 4. The molecule has 0 aliphatic carbocycles. The number of imidazole rings is 1. The van der Waals surface area contributed by atoms with E-state index in [-0.39, 0.29) is 0 Å². The molecular formula is C15H23N6+. The van der Waals surface area contributed by atoms with Crippen LogP contribution in [0.25, 0.3) is 0 Å². The molecule has 0 bridgehead atoms. The molecular weight excluding hydrogens is 264 g/mol. The van der Waals surface area contributed by atoms with E-state index in [1.54, 1.807) is 0 Å². The van der Waals surface area contributed by atoms with E-state index in [9.17, 15) is 0 Å². The molecule has 0 saturated carbocycles. The Morgan fingerprint density at radius 3 is 2.52 bits per heavy atom. The predicted molar refractivity (Wildman–Crippen MR) is 84.2 cm³/mol. The third kappa shape index (κ3) is 3.88. The minimum Gasteiger partial charge on any atom is -0.378 e. The molecule has 0 unspecified atom stereocenters. The first kappa shape index (κ1) is 15.2. The smallest absolute Gasteiger partial charge is 0.378 e. The van der Waals surface area contributed by atoms with E-state index in [2.05, 4.69) is 19.7 Å². The normalized spacial score (nSPS) is 11.2. The van der Waals surface area contributed by atoms with Gasteiger partial charge >= 0.3 is 5.95 Å². The topological polar surface area (TPSA) is 62.8 Å². The second-order valence-corrected chi connectivity index (χ2v) is 5.16. The lowest BCUT2D eigenvalue weighted by Gasteiger charge is -2.11. The van der Waals surface area contributed by atoms with Crippen LogP contribution in [0.1, 0.15) is 6.42 Å². The van der Waals surface area contributed by atoms with Crippen LogP contribution in [-0.2, 0) is 13.6 Å². The highest BCUT2D eigenvalue weighted by molar-refractivity contribution is 5.51. The van der Waals surface area contributed by atoms with E-state index in [0.717, 1.165) is 30.3 Å². The van der Waals surface area contributed by atoms with Crippen molar-refractivity contribution >= 4 is 17.3 Å². The second-order valence-electron chi connectivity index (χ2n) is 5.16. The molecule has 0 aliphatic heterocycles. The van der Waals surface area contributed by atoms with Crippen LogP contribution in [0.5, 0.6) is 0 Å². The highest BCUT2D eigenvalue weighted by Gasteiger charge is 2.13. The molecule has 0 spiro atoms. The third-order valence-electron chi connectivity index (χ3n) is 3.27. The Balaban J connectivity index is 2.15. The van der Waals surface area contributed by atoms with Crippen LogP contribution in [-0.4, -0.2) is 25.2 Å². The van der Waals surface area contributed by atoms with Gasteiger partial charge in [0.1, 0.15) is 5.69 Å². The van der Waals surface area contributed by atoms with Gasteiger partial charge in [-0.2, -0.15) is 0 Å². The molecule has 2 aromatic rings. The standard InChI is InChI=1S/C15H23N6/c1-19(2)14-7-5-13(6-8-14)17-18-15-20(3)11-12-21(15)10-4-9-16/h5-8,11-12H,4,9-10,16H2,1-3H3/q+1. The van der Waals surface area contributed by atoms with E-state index in [1.807, 2.05) is 62.4 Å². The van der Waals surface area contributed by atoms with Crippen LogP contribution in [0, 0.1) is 0 Å². The maximum absolute atomic E-state index is 5.56. The van der Waals surface area contributed by atoms with E-state index in [0.29, 0.717) is 6.54 Å². The maximum atomic E-state index is 5.56. The van der Waals surface area contributed by atoms with Gasteiger partial charge in [-0.1, -0.05) is 5.11 Å². The number of hydrogen-bond donors (Lipinski definition) is 1. The van der Waals surface area contributed by atoms with E-state index in [1.165, 1.54) is 0 Å². The minimum absolute atomic E-state index is 0.671. The van der Waals surface area contributed by atoms with Gasteiger partial charge in [0.05, 0.1) is 26.0 Å². The summed E-state index contributed by atoms with van der Waals surface area (Å²) in [7, 11) is 5.99. The number of nitrogens with two attached hydrogens (primary N) is 1. The second kappa shape index (κ2) is 6.99. The lowest BCUT2D eigenvalue weighted by molar-refractivity contribution is -0.657. The fourth-order valence-electron chi connectivity index (χ4n) is 2.00. The number of azo groups is 1. The van der Waals surface area contributed by atoms with Gasteiger partial charge in [-0.25, -0.2) is 9.13 Å². The summed E-state index contributed by atoms with van der Waals surface area (Å²) in [6.07, 6.45) is 4.90. The van der Waals surface area contributed by atoms with Crippen LogP contribution in [0.3, 0.4) is 0 Å². The summed E-state index contributed by atoms with van der Waals surface area (Å²) in [4.78, 5) is 2.05. The zero-order chi connectivity index (χ0) is 15.2. The molecule has 2 N–H and O–H groups in total. The van der Waals surface area contributed by atoms with Crippen molar-refractivity contribution in [3.8, 4) is 0 Å². The summed E-state index contributed by atoms with van der Waals surface area (Å²) >= 11 is 0. The van der Waals surface area contributed by atoms with E-state index >= 15 is 0 Å². The number of aryl methyl sites for hydroxylation is 2. The molecule has 1 aromatic heterocycles. The minimum atomic E-state index is 0.671. The number of benzene rings is 1. The van der Waals surface area contributed by atoms with Gasteiger partial charge in [0.25, 0.3) is 0 Å². The summed E-state index contributed by atoms with van der Waals surface area (Å²) in [5, 5.41) is 8.67. The van der Waals surface area contributed by atoms with Gasteiger partial charge in [0.15, 0.2) is 0 Å². The first-order valence-electron chi connectivity index (χ1n) is 7.06. The lowest BCUT2D eigenvalue weighted by atomic mass is 10.3. The first-order valence-corrected chi connectivity index (χ1v) is 7.06. The fourth-order valence-corrected chi connectivity index (χ4v) is 2.00. The first-order chi connectivity index (χ1) is 10.1. The summed E-state index contributed by atoms with van der Waals surface area (Å²) < 4.78 is 4.01. The van der Waals surface area contributed by atoms with Gasteiger partial charge in [0, 0.05) is 24.9 Å². The van der Waals surface area contributed by atoms with Gasteiger partial charge in [-0.05, 0) is 37.2 Å². The monoisotopic (exact) mass is 287 g/mol. The van der Waals surface area contributed by atoms with Crippen molar-refractivity contribution in [2.45, 2.75) is 13.0 Å².